The molecule has 20 heavy (non-hydrogen) atoms. The van der Waals surface area contributed by atoms with Gasteiger partial charge in [-0.2, -0.15) is 0 Å². The summed E-state index contributed by atoms with van der Waals surface area (Å²) < 4.78 is 0. The van der Waals surface area contributed by atoms with Gasteiger partial charge in [-0.15, -0.1) is 0 Å². The largest absolute Gasteiger partial charge is 0.352 e. The zero-order valence-corrected chi connectivity index (χ0v) is 13.7. The Kier molecular flexibility index (Phi) is 5.11. The zero-order valence-electron chi connectivity index (χ0n) is 13.7. The van der Waals surface area contributed by atoms with E-state index in [1.54, 1.807) is 0 Å². The molecule has 3 heteroatoms. The van der Waals surface area contributed by atoms with Crippen LogP contribution in [0, 0.1) is 17.3 Å². The molecule has 3 nitrogen and oxygen atoms in total. The Bertz CT molecular complexity index is 332. The molecule has 1 aliphatic heterocycles. The number of rotatable bonds is 4. The van der Waals surface area contributed by atoms with Crippen LogP contribution in [0.1, 0.15) is 66.2 Å². The van der Waals surface area contributed by atoms with Gasteiger partial charge < -0.3 is 10.6 Å². The number of carbonyl (C=O) groups excluding carboxylic acids is 1. The molecule has 0 aromatic carbocycles. The van der Waals surface area contributed by atoms with Crippen molar-refractivity contribution in [2.75, 3.05) is 6.54 Å². The van der Waals surface area contributed by atoms with Gasteiger partial charge >= 0.3 is 0 Å². The minimum absolute atomic E-state index is 0.0415. The number of nitrogens with one attached hydrogen (secondary N) is 2. The minimum Gasteiger partial charge on any atom is -0.352 e. The standard InChI is InChI=1S/C17H32N2O/c1-5-17(3,4)13-6-8-14(9-7-13)19-16(20)15-12(2)10-11-18-15/h12-15,18H,5-11H2,1-4H3,(H,19,20). The molecule has 0 aromatic rings. The SMILES string of the molecule is CCC(C)(C)C1CCC(NC(=O)C2NCCC2C)CC1. The number of amides is 1. The van der Waals surface area contributed by atoms with Crippen molar-refractivity contribution >= 4 is 5.91 Å². The average Bonchev–Trinajstić information content (AvgIpc) is 2.85. The van der Waals surface area contributed by atoms with E-state index in [9.17, 15) is 4.79 Å². The monoisotopic (exact) mass is 280 g/mol. The molecule has 0 radical (unpaired) electrons. The van der Waals surface area contributed by atoms with Gasteiger partial charge in [0.1, 0.15) is 0 Å². The van der Waals surface area contributed by atoms with Gasteiger partial charge in [0.25, 0.3) is 0 Å². The van der Waals surface area contributed by atoms with Gasteiger partial charge in [-0.05, 0) is 55.9 Å². The topological polar surface area (TPSA) is 41.1 Å². The molecule has 2 aliphatic rings. The number of hydrogen-bond acceptors (Lipinski definition) is 2. The lowest BCUT2D eigenvalue weighted by Gasteiger charge is -2.39. The molecule has 0 aromatic heterocycles. The predicted octanol–water partition coefficient (Wildman–Crippen LogP) is 3.10. The summed E-state index contributed by atoms with van der Waals surface area (Å²) in [6.45, 7) is 10.2. The van der Waals surface area contributed by atoms with E-state index in [1.165, 1.54) is 19.3 Å². The van der Waals surface area contributed by atoms with Crippen molar-refractivity contribution < 1.29 is 4.79 Å². The predicted molar refractivity (Wildman–Crippen MR) is 83.5 cm³/mol. The molecule has 0 bridgehead atoms. The molecule has 2 fully saturated rings. The fourth-order valence-electron chi connectivity index (χ4n) is 3.78. The molecule has 1 saturated heterocycles. The molecule has 2 unspecified atom stereocenters. The molecule has 1 aliphatic carbocycles. The fourth-order valence-corrected chi connectivity index (χ4v) is 3.78. The summed E-state index contributed by atoms with van der Waals surface area (Å²) in [5, 5.41) is 6.61. The summed E-state index contributed by atoms with van der Waals surface area (Å²) in [4.78, 5) is 12.3. The van der Waals surface area contributed by atoms with E-state index in [2.05, 4.69) is 38.3 Å². The van der Waals surface area contributed by atoms with Gasteiger partial charge in [0.05, 0.1) is 6.04 Å². The lowest BCUT2D eigenvalue weighted by atomic mass is 9.69. The molecule has 2 N–H and O–H groups in total. The van der Waals surface area contributed by atoms with E-state index in [0.717, 1.165) is 31.7 Å². The van der Waals surface area contributed by atoms with Gasteiger partial charge in [-0.25, -0.2) is 0 Å². The van der Waals surface area contributed by atoms with Crippen molar-refractivity contribution in [1.29, 1.82) is 0 Å². The third-order valence-electron chi connectivity index (χ3n) is 5.91. The van der Waals surface area contributed by atoms with Crippen LogP contribution in [-0.2, 0) is 4.79 Å². The van der Waals surface area contributed by atoms with E-state index in [1.807, 2.05) is 0 Å². The maximum Gasteiger partial charge on any atom is 0.237 e. The minimum atomic E-state index is 0.0415. The smallest absolute Gasteiger partial charge is 0.237 e. The third-order valence-corrected chi connectivity index (χ3v) is 5.91. The maximum absolute atomic E-state index is 12.3. The van der Waals surface area contributed by atoms with Crippen molar-refractivity contribution in [2.24, 2.45) is 17.3 Å². The highest BCUT2D eigenvalue weighted by Crippen LogP contribution is 2.40. The molecular formula is C17H32N2O. The van der Waals surface area contributed by atoms with Crippen molar-refractivity contribution in [3.63, 3.8) is 0 Å². The van der Waals surface area contributed by atoms with Crippen LogP contribution in [0.15, 0.2) is 0 Å². The normalized spacial score (nSPS) is 35.0. The van der Waals surface area contributed by atoms with E-state index in [0.29, 0.717) is 17.4 Å². The van der Waals surface area contributed by atoms with Crippen LogP contribution in [0.25, 0.3) is 0 Å². The Balaban J connectivity index is 1.78. The highest BCUT2D eigenvalue weighted by molar-refractivity contribution is 5.82. The van der Waals surface area contributed by atoms with Crippen LogP contribution in [0.5, 0.6) is 0 Å². The first-order valence-electron chi connectivity index (χ1n) is 8.47. The van der Waals surface area contributed by atoms with Crippen molar-refractivity contribution in [2.45, 2.75) is 78.3 Å². The number of carbonyl (C=O) groups is 1. The Morgan fingerprint density at radius 1 is 1.20 bits per heavy atom. The van der Waals surface area contributed by atoms with Crippen LogP contribution < -0.4 is 10.6 Å². The Morgan fingerprint density at radius 2 is 1.85 bits per heavy atom. The average molecular weight is 280 g/mol. The molecule has 116 valence electrons. The highest BCUT2D eigenvalue weighted by Gasteiger charge is 2.34. The van der Waals surface area contributed by atoms with E-state index < -0.39 is 0 Å². The second-order valence-electron chi connectivity index (χ2n) is 7.60. The molecule has 0 spiro atoms. The lowest BCUT2D eigenvalue weighted by Crippen LogP contribution is -2.48. The summed E-state index contributed by atoms with van der Waals surface area (Å²) in [5.41, 5.74) is 0.455. The van der Waals surface area contributed by atoms with Crippen molar-refractivity contribution in [3.05, 3.63) is 0 Å². The van der Waals surface area contributed by atoms with Crippen LogP contribution in [-0.4, -0.2) is 24.5 Å². The van der Waals surface area contributed by atoms with Crippen molar-refractivity contribution in [1.82, 2.24) is 10.6 Å². The van der Waals surface area contributed by atoms with Crippen LogP contribution in [0.3, 0.4) is 0 Å². The van der Waals surface area contributed by atoms with Gasteiger partial charge in [-0.3, -0.25) is 4.79 Å². The summed E-state index contributed by atoms with van der Waals surface area (Å²) in [6.07, 6.45) is 7.20. The molecule has 1 saturated carbocycles. The van der Waals surface area contributed by atoms with Gasteiger partial charge in [0.15, 0.2) is 0 Å². The van der Waals surface area contributed by atoms with Gasteiger partial charge in [0, 0.05) is 6.04 Å². The number of hydrogen-bond donors (Lipinski definition) is 2. The molecule has 2 atom stereocenters. The second-order valence-corrected chi connectivity index (χ2v) is 7.60. The van der Waals surface area contributed by atoms with Crippen LogP contribution in [0.4, 0.5) is 0 Å². The molecule has 2 rings (SSSR count). The van der Waals surface area contributed by atoms with E-state index in [-0.39, 0.29) is 11.9 Å². The Labute approximate surface area is 124 Å². The van der Waals surface area contributed by atoms with Crippen LogP contribution in [0.2, 0.25) is 0 Å². The quantitative estimate of drug-likeness (QED) is 0.831. The zero-order chi connectivity index (χ0) is 14.8. The fraction of sp³-hybridized carbons (Fsp3) is 0.941. The Hall–Kier alpha value is -0.570. The first-order valence-corrected chi connectivity index (χ1v) is 8.47. The lowest BCUT2D eigenvalue weighted by molar-refractivity contribution is -0.124. The van der Waals surface area contributed by atoms with E-state index >= 15 is 0 Å². The molecule has 1 amide bonds. The summed E-state index contributed by atoms with van der Waals surface area (Å²) >= 11 is 0. The molecular weight excluding hydrogens is 248 g/mol. The summed E-state index contributed by atoms with van der Waals surface area (Å²) in [5.74, 6) is 1.53. The summed E-state index contributed by atoms with van der Waals surface area (Å²) in [7, 11) is 0. The van der Waals surface area contributed by atoms with Gasteiger partial charge in [0.2, 0.25) is 5.91 Å². The maximum atomic E-state index is 12.3. The second kappa shape index (κ2) is 6.46. The first kappa shape index (κ1) is 15.8. The highest BCUT2D eigenvalue weighted by atomic mass is 16.2. The Morgan fingerprint density at radius 3 is 2.35 bits per heavy atom. The first-order chi connectivity index (χ1) is 9.44. The van der Waals surface area contributed by atoms with Gasteiger partial charge in [-0.1, -0.05) is 34.1 Å². The molecule has 1 heterocycles. The third kappa shape index (κ3) is 3.55. The van der Waals surface area contributed by atoms with Crippen molar-refractivity contribution in [3.8, 4) is 0 Å². The van der Waals surface area contributed by atoms with Crippen LogP contribution >= 0.6 is 0 Å². The summed E-state index contributed by atoms with van der Waals surface area (Å²) in [6, 6.07) is 0.445. The van der Waals surface area contributed by atoms with E-state index in [4.69, 9.17) is 0 Å².